The highest BCUT2D eigenvalue weighted by atomic mass is 32.2. The Morgan fingerprint density at radius 1 is 1.06 bits per heavy atom. The van der Waals surface area contributed by atoms with Crippen LogP contribution in [0.5, 0.6) is 0 Å². The second kappa shape index (κ2) is 7.51. The number of carboxylic acids is 1. The van der Waals surface area contributed by atoms with Crippen molar-refractivity contribution in [1.82, 2.24) is 9.88 Å². The number of benzene rings is 2. The summed E-state index contributed by atoms with van der Waals surface area (Å²) in [4.78, 5) is 11.4. The molecule has 0 unspecified atom stereocenters. The van der Waals surface area contributed by atoms with Gasteiger partial charge in [0.15, 0.2) is 0 Å². The van der Waals surface area contributed by atoms with Crippen LogP contribution in [-0.4, -0.2) is 30.7 Å². The average Bonchev–Trinajstić information content (AvgIpc) is 3.23. The molecule has 0 fully saturated rings. The van der Waals surface area contributed by atoms with Crippen molar-refractivity contribution >= 4 is 37.9 Å². The number of fused-ring (bicyclic) bond motifs is 3. The van der Waals surface area contributed by atoms with E-state index >= 15 is 0 Å². The van der Waals surface area contributed by atoms with Gasteiger partial charge in [0.2, 0.25) is 10.0 Å². The minimum atomic E-state index is -4.04. The van der Waals surface area contributed by atoms with Gasteiger partial charge in [-0.1, -0.05) is 25.1 Å². The van der Waals surface area contributed by atoms with Crippen LogP contribution in [0.1, 0.15) is 25.3 Å². The Bertz CT molecular complexity index is 1400. The van der Waals surface area contributed by atoms with Crippen LogP contribution in [0.2, 0.25) is 0 Å². The Balaban J connectivity index is 1.79. The first kappa shape index (κ1) is 21.1. The number of aromatic nitrogens is 1. The van der Waals surface area contributed by atoms with E-state index in [0.717, 1.165) is 22.2 Å². The molecule has 2 aromatic heterocycles. The predicted molar refractivity (Wildman–Crippen MR) is 115 cm³/mol. The summed E-state index contributed by atoms with van der Waals surface area (Å²) in [5, 5.41) is 14.7. The van der Waals surface area contributed by atoms with Gasteiger partial charge >= 0.3 is 5.97 Å². The van der Waals surface area contributed by atoms with Crippen molar-refractivity contribution in [2.75, 3.05) is 0 Å². The summed E-state index contributed by atoms with van der Waals surface area (Å²) < 4.78 is 39.1. The molecule has 0 spiro atoms. The van der Waals surface area contributed by atoms with Crippen molar-refractivity contribution in [3.8, 4) is 11.1 Å². The van der Waals surface area contributed by atoms with Gasteiger partial charge in [-0.05, 0) is 55.7 Å². The molecule has 4 aromatic rings. The fraction of sp³-hybridized carbons (Fsp3) is 0.273. The number of carbonyl (C=O) groups is 1. The number of aliphatic carboxylic acids is 1. The van der Waals surface area contributed by atoms with Gasteiger partial charge in [-0.25, -0.2) is 8.42 Å². The molecule has 4 rings (SSSR count). The van der Waals surface area contributed by atoms with E-state index in [1.165, 1.54) is 12.1 Å². The van der Waals surface area contributed by atoms with Crippen LogP contribution in [0.3, 0.4) is 0 Å². The number of hydrogen-bond donors (Lipinski definition) is 2. The minimum absolute atomic E-state index is 0.0237. The van der Waals surface area contributed by atoms with Gasteiger partial charge < -0.3 is 14.0 Å². The molecule has 2 heterocycles. The van der Waals surface area contributed by atoms with Gasteiger partial charge in [-0.2, -0.15) is 4.72 Å². The molecule has 0 saturated heterocycles. The van der Waals surface area contributed by atoms with Gasteiger partial charge in [0.05, 0.1) is 10.6 Å². The Labute approximate surface area is 178 Å². The molecule has 0 amide bonds. The molecule has 31 heavy (non-hydrogen) atoms. The molecule has 2 N–H and O–H groups in total. The molecule has 1 atom stereocenters. The van der Waals surface area contributed by atoms with Crippen LogP contribution in [0.4, 0.5) is 0 Å². The van der Waals surface area contributed by atoms with E-state index in [-0.39, 0.29) is 4.90 Å². The van der Waals surface area contributed by atoms with E-state index in [9.17, 15) is 18.3 Å². The molecule has 0 aliphatic carbocycles. The van der Waals surface area contributed by atoms with Crippen LogP contribution in [0.15, 0.2) is 50.2 Å². The van der Waals surface area contributed by atoms with E-state index in [1.54, 1.807) is 19.9 Å². The molecule has 8 nitrogen and oxygen atoms in total. The van der Waals surface area contributed by atoms with Crippen LogP contribution < -0.4 is 4.72 Å². The van der Waals surface area contributed by atoms with Gasteiger partial charge in [0, 0.05) is 16.3 Å². The van der Waals surface area contributed by atoms with E-state index in [0.29, 0.717) is 22.3 Å². The average molecular weight is 442 g/mol. The fourth-order valence-electron chi connectivity index (χ4n) is 3.68. The van der Waals surface area contributed by atoms with Crippen LogP contribution >= 0.6 is 0 Å². The van der Waals surface area contributed by atoms with E-state index in [2.05, 4.69) is 9.88 Å². The number of nitrogens with one attached hydrogen (secondary N) is 1. The third kappa shape index (κ3) is 3.70. The molecular weight excluding hydrogens is 420 g/mol. The van der Waals surface area contributed by atoms with Crippen molar-refractivity contribution in [2.24, 2.45) is 5.92 Å². The number of sulfonamides is 1. The van der Waals surface area contributed by atoms with Gasteiger partial charge in [-0.15, -0.1) is 0 Å². The summed E-state index contributed by atoms with van der Waals surface area (Å²) in [5.74, 6) is -0.931. The van der Waals surface area contributed by atoms with Crippen molar-refractivity contribution in [3.05, 3.63) is 47.9 Å². The lowest BCUT2D eigenvalue weighted by Crippen LogP contribution is -2.44. The van der Waals surface area contributed by atoms with E-state index < -0.39 is 28.0 Å². The van der Waals surface area contributed by atoms with Crippen molar-refractivity contribution in [1.29, 1.82) is 0 Å². The SMILES string of the molecule is Cc1noc(C)c1-c1ccc2c(c1)oc1ccc(S(=O)(=O)N[C@@H](C(=O)O)C(C)C)cc12. The van der Waals surface area contributed by atoms with Crippen LogP contribution in [-0.2, 0) is 14.8 Å². The number of furan rings is 1. The first-order chi connectivity index (χ1) is 14.6. The number of rotatable bonds is 6. The fourth-order valence-corrected chi connectivity index (χ4v) is 5.04. The third-order valence-electron chi connectivity index (χ3n) is 5.29. The minimum Gasteiger partial charge on any atom is -0.480 e. The number of hydrogen-bond acceptors (Lipinski definition) is 6. The van der Waals surface area contributed by atoms with Crippen LogP contribution in [0.25, 0.3) is 33.1 Å². The largest absolute Gasteiger partial charge is 0.480 e. The maximum absolute atomic E-state index is 12.8. The third-order valence-corrected chi connectivity index (χ3v) is 6.73. The molecule has 162 valence electrons. The summed E-state index contributed by atoms with van der Waals surface area (Å²) in [5.41, 5.74) is 3.68. The molecule has 0 bridgehead atoms. The summed E-state index contributed by atoms with van der Waals surface area (Å²) in [7, 11) is -4.04. The first-order valence-corrected chi connectivity index (χ1v) is 11.2. The second-order valence-electron chi connectivity index (χ2n) is 7.85. The lowest BCUT2D eigenvalue weighted by Gasteiger charge is -2.17. The van der Waals surface area contributed by atoms with Crippen molar-refractivity contribution < 1.29 is 27.3 Å². The predicted octanol–water partition coefficient (Wildman–Crippen LogP) is 4.25. The Morgan fingerprint density at radius 2 is 1.81 bits per heavy atom. The topological polar surface area (TPSA) is 123 Å². The maximum Gasteiger partial charge on any atom is 0.322 e. The monoisotopic (exact) mass is 442 g/mol. The Morgan fingerprint density at radius 3 is 2.42 bits per heavy atom. The molecule has 0 radical (unpaired) electrons. The summed E-state index contributed by atoms with van der Waals surface area (Å²) in [6.07, 6.45) is 0. The van der Waals surface area contributed by atoms with E-state index in [4.69, 9.17) is 8.94 Å². The van der Waals surface area contributed by atoms with Gasteiger partial charge in [-0.3, -0.25) is 4.79 Å². The highest BCUT2D eigenvalue weighted by molar-refractivity contribution is 7.89. The highest BCUT2D eigenvalue weighted by Gasteiger charge is 2.28. The quantitative estimate of drug-likeness (QED) is 0.458. The number of carboxylic acid groups (broad SMARTS) is 1. The molecular formula is C22H22N2O6S. The molecule has 0 aliphatic heterocycles. The summed E-state index contributed by atoms with van der Waals surface area (Å²) >= 11 is 0. The Hall–Kier alpha value is -3.17. The normalized spacial score (nSPS) is 13.3. The number of aryl methyl sites for hydroxylation is 2. The van der Waals surface area contributed by atoms with E-state index in [1.807, 2.05) is 32.0 Å². The maximum atomic E-state index is 12.8. The number of nitrogens with zero attached hydrogens (tertiary/aromatic N) is 1. The molecule has 0 aliphatic rings. The molecule has 0 saturated carbocycles. The highest BCUT2D eigenvalue weighted by Crippen LogP contribution is 2.35. The van der Waals surface area contributed by atoms with Crippen LogP contribution in [0, 0.1) is 19.8 Å². The zero-order valence-electron chi connectivity index (χ0n) is 17.5. The zero-order valence-corrected chi connectivity index (χ0v) is 18.3. The summed E-state index contributed by atoms with van der Waals surface area (Å²) in [6, 6.07) is 8.89. The zero-order chi connectivity index (χ0) is 22.5. The lowest BCUT2D eigenvalue weighted by atomic mass is 10.0. The Kier molecular flexibility index (Phi) is 5.10. The second-order valence-corrected chi connectivity index (χ2v) is 9.57. The van der Waals surface area contributed by atoms with Crippen molar-refractivity contribution in [3.63, 3.8) is 0 Å². The van der Waals surface area contributed by atoms with Gasteiger partial charge in [0.1, 0.15) is 23.0 Å². The lowest BCUT2D eigenvalue weighted by molar-refractivity contribution is -0.140. The summed E-state index contributed by atoms with van der Waals surface area (Å²) in [6.45, 7) is 6.99. The first-order valence-electron chi connectivity index (χ1n) is 9.73. The van der Waals surface area contributed by atoms with Gasteiger partial charge in [0.25, 0.3) is 0 Å². The molecule has 2 aromatic carbocycles. The standard InChI is InChI=1S/C22H22N2O6S/c1-11(2)21(22(25)26)24-31(27,28)15-6-8-18-17(10-15)16-7-5-14(9-19(16)29-18)20-12(3)23-30-13(20)4/h5-11,21,24H,1-4H3,(H,25,26)/t21-/m1/s1. The van der Waals surface area contributed by atoms with Crippen molar-refractivity contribution in [2.45, 2.75) is 38.6 Å². The smallest absolute Gasteiger partial charge is 0.322 e. The molecule has 9 heteroatoms.